The number of nitrogens with zero attached hydrogens (tertiary/aromatic N) is 2. The molecule has 0 radical (unpaired) electrons. The largest absolute Gasteiger partial charge is 0.490 e. The number of alkyl halides is 3. The van der Waals surface area contributed by atoms with E-state index in [0.717, 1.165) is 18.2 Å². The Labute approximate surface area is 133 Å². The van der Waals surface area contributed by atoms with Gasteiger partial charge in [0.1, 0.15) is 5.82 Å². The number of benzene rings is 1. The summed E-state index contributed by atoms with van der Waals surface area (Å²) in [4.78, 5) is 25.7. The molecule has 24 heavy (non-hydrogen) atoms. The number of hydrogen-bond acceptors (Lipinski definition) is 5. The van der Waals surface area contributed by atoms with Gasteiger partial charge in [0.25, 0.3) is 5.91 Å². The van der Waals surface area contributed by atoms with Crippen molar-refractivity contribution in [3.05, 3.63) is 57.8 Å². The maximum atomic E-state index is 12.4. The van der Waals surface area contributed by atoms with E-state index >= 15 is 0 Å². The van der Waals surface area contributed by atoms with Crippen LogP contribution >= 0.6 is 0 Å². The van der Waals surface area contributed by atoms with Crippen molar-refractivity contribution in [2.24, 2.45) is 0 Å². The predicted octanol–water partition coefficient (Wildman–Crippen LogP) is 3.27. The van der Waals surface area contributed by atoms with Crippen LogP contribution in [-0.2, 0) is 6.18 Å². The first-order valence-corrected chi connectivity index (χ1v) is 6.39. The highest BCUT2D eigenvalue weighted by atomic mass is 19.4. The second kappa shape index (κ2) is 6.52. The zero-order valence-electron chi connectivity index (χ0n) is 12.1. The number of carbonyl (C=O) groups excluding carboxylic acids is 1. The molecular formula is C14H10F3N3O4. The molecule has 1 N–H and O–H groups in total. The number of ether oxygens (including phenoxy) is 1. The van der Waals surface area contributed by atoms with Crippen molar-refractivity contribution in [3.63, 3.8) is 0 Å². The van der Waals surface area contributed by atoms with Crippen LogP contribution in [0.1, 0.15) is 15.9 Å². The van der Waals surface area contributed by atoms with Gasteiger partial charge in [0.15, 0.2) is 5.75 Å². The topological polar surface area (TPSA) is 94.4 Å². The smallest absolute Gasteiger partial charge is 0.417 e. The Hall–Kier alpha value is -3.17. The highest BCUT2D eigenvalue weighted by Crippen LogP contribution is 2.29. The van der Waals surface area contributed by atoms with E-state index in [9.17, 15) is 28.1 Å². The fourth-order valence-corrected chi connectivity index (χ4v) is 1.80. The zero-order chi connectivity index (χ0) is 17.9. The number of halogens is 3. The van der Waals surface area contributed by atoms with Crippen LogP contribution in [0.3, 0.4) is 0 Å². The van der Waals surface area contributed by atoms with Crippen molar-refractivity contribution in [1.29, 1.82) is 0 Å². The summed E-state index contributed by atoms with van der Waals surface area (Å²) >= 11 is 0. The Balaban J connectivity index is 2.21. The van der Waals surface area contributed by atoms with Crippen molar-refractivity contribution in [2.45, 2.75) is 6.18 Å². The third-order valence-corrected chi connectivity index (χ3v) is 2.97. The Morgan fingerprint density at radius 2 is 2.00 bits per heavy atom. The molecule has 0 spiro atoms. The third-order valence-electron chi connectivity index (χ3n) is 2.97. The number of nitro groups is 1. The molecule has 2 rings (SSSR count). The van der Waals surface area contributed by atoms with E-state index in [0.29, 0.717) is 6.20 Å². The lowest BCUT2D eigenvalue weighted by molar-refractivity contribution is -0.385. The van der Waals surface area contributed by atoms with Crippen molar-refractivity contribution in [1.82, 2.24) is 4.98 Å². The van der Waals surface area contributed by atoms with E-state index in [-0.39, 0.29) is 17.1 Å². The monoisotopic (exact) mass is 341 g/mol. The van der Waals surface area contributed by atoms with Gasteiger partial charge in [-0.25, -0.2) is 4.98 Å². The van der Waals surface area contributed by atoms with Gasteiger partial charge in [-0.2, -0.15) is 13.2 Å². The second-order valence-corrected chi connectivity index (χ2v) is 4.53. The van der Waals surface area contributed by atoms with Crippen molar-refractivity contribution < 1.29 is 27.6 Å². The van der Waals surface area contributed by atoms with E-state index in [4.69, 9.17) is 4.74 Å². The number of rotatable bonds is 4. The fraction of sp³-hybridized carbons (Fsp3) is 0.143. The Morgan fingerprint density at radius 3 is 2.50 bits per heavy atom. The van der Waals surface area contributed by atoms with Crippen LogP contribution in [0.4, 0.5) is 24.7 Å². The molecule has 7 nitrogen and oxygen atoms in total. The van der Waals surface area contributed by atoms with Gasteiger partial charge in [-0.05, 0) is 24.3 Å². The molecule has 0 fully saturated rings. The summed E-state index contributed by atoms with van der Waals surface area (Å²) in [6, 6.07) is 5.27. The molecule has 1 aromatic carbocycles. The van der Waals surface area contributed by atoms with Crippen LogP contribution in [0.15, 0.2) is 36.5 Å². The predicted molar refractivity (Wildman–Crippen MR) is 76.8 cm³/mol. The number of nitrogens with one attached hydrogen (secondary N) is 1. The zero-order valence-corrected chi connectivity index (χ0v) is 12.1. The maximum absolute atomic E-state index is 12.4. The standard InChI is InChI=1S/C14H10F3N3O4/c1-24-11-4-2-8(6-10(11)20(22)23)13(21)19-12-5-3-9(7-18-12)14(15,16)17/h2-7H,1H3,(H,18,19,21). The normalized spacial score (nSPS) is 11.0. The van der Waals surface area contributed by atoms with Gasteiger partial charge in [0.2, 0.25) is 0 Å². The molecule has 0 saturated carbocycles. The summed E-state index contributed by atoms with van der Waals surface area (Å²) < 4.78 is 42.1. The van der Waals surface area contributed by atoms with Crippen LogP contribution < -0.4 is 10.1 Å². The molecule has 2 aromatic rings. The molecule has 0 atom stereocenters. The minimum Gasteiger partial charge on any atom is -0.490 e. The number of anilines is 1. The minimum atomic E-state index is -4.54. The van der Waals surface area contributed by atoms with Gasteiger partial charge in [0, 0.05) is 17.8 Å². The molecular weight excluding hydrogens is 331 g/mol. The summed E-state index contributed by atoms with van der Waals surface area (Å²) in [5.74, 6) is -0.899. The number of carbonyl (C=O) groups is 1. The van der Waals surface area contributed by atoms with Crippen molar-refractivity contribution in [3.8, 4) is 5.75 Å². The average Bonchev–Trinajstić information content (AvgIpc) is 2.53. The molecule has 1 heterocycles. The molecule has 0 unspecified atom stereocenters. The maximum Gasteiger partial charge on any atom is 0.417 e. The summed E-state index contributed by atoms with van der Waals surface area (Å²) in [5, 5.41) is 13.2. The van der Waals surface area contributed by atoms with Crippen molar-refractivity contribution >= 4 is 17.4 Å². The molecule has 1 aromatic heterocycles. The van der Waals surface area contributed by atoms with Gasteiger partial charge in [-0.1, -0.05) is 0 Å². The number of pyridine rings is 1. The first-order chi connectivity index (χ1) is 11.2. The summed E-state index contributed by atoms with van der Waals surface area (Å²) in [6.45, 7) is 0. The summed E-state index contributed by atoms with van der Waals surface area (Å²) in [5.41, 5.74) is -1.43. The quantitative estimate of drug-likeness (QED) is 0.680. The van der Waals surface area contributed by atoms with Crippen LogP contribution in [-0.4, -0.2) is 22.9 Å². The molecule has 10 heteroatoms. The third kappa shape index (κ3) is 3.77. The lowest BCUT2D eigenvalue weighted by Gasteiger charge is -2.08. The molecule has 0 aliphatic carbocycles. The average molecular weight is 341 g/mol. The highest BCUT2D eigenvalue weighted by molar-refractivity contribution is 6.04. The van der Waals surface area contributed by atoms with Crippen molar-refractivity contribution in [2.75, 3.05) is 12.4 Å². The fourth-order valence-electron chi connectivity index (χ4n) is 1.80. The van der Waals surface area contributed by atoms with Crippen LogP contribution in [0.2, 0.25) is 0 Å². The van der Waals surface area contributed by atoms with Crippen LogP contribution in [0.25, 0.3) is 0 Å². The van der Waals surface area contributed by atoms with Gasteiger partial charge in [-0.15, -0.1) is 0 Å². The van der Waals surface area contributed by atoms with E-state index in [1.807, 2.05) is 0 Å². The number of hydrogen-bond donors (Lipinski definition) is 1. The number of methoxy groups -OCH3 is 1. The van der Waals surface area contributed by atoms with E-state index in [2.05, 4.69) is 10.3 Å². The van der Waals surface area contributed by atoms with Crippen LogP contribution in [0, 0.1) is 10.1 Å². The first kappa shape index (κ1) is 17.2. The number of amides is 1. The molecule has 1 amide bonds. The second-order valence-electron chi connectivity index (χ2n) is 4.53. The highest BCUT2D eigenvalue weighted by Gasteiger charge is 2.30. The van der Waals surface area contributed by atoms with Gasteiger partial charge in [-0.3, -0.25) is 14.9 Å². The minimum absolute atomic E-state index is 0.0239. The van der Waals surface area contributed by atoms with Gasteiger partial charge in [0.05, 0.1) is 17.6 Å². The first-order valence-electron chi connectivity index (χ1n) is 6.39. The molecule has 0 aliphatic heterocycles. The van der Waals surface area contributed by atoms with Crippen LogP contribution in [0.5, 0.6) is 5.75 Å². The lowest BCUT2D eigenvalue weighted by atomic mass is 10.1. The molecule has 0 saturated heterocycles. The molecule has 126 valence electrons. The van der Waals surface area contributed by atoms with Gasteiger partial charge < -0.3 is 10.1 Å². The Kier molecular flexibility index (Phi) is 4.67. The number of nitro benzene ring substituents is 1. The van der Waals surface area contributed by atoms with Gasteiger partial charge >= 0.3 is 11.9 Å². The lowest BCUT2D eigenvalue weighted by Crippen LogP contribution is -2.14. The van der Waals surface area contributed by atoms with E-state index in [1.165, 1.54) is 19.2 Å². The van der Waals surface area contributed by atoms with E-state index in [1.54, 1.807) is 0 Å². The SMILES string of the molecule is COc1ccc(C(=O)Nc2ccc(C(F)(F)F)cn2)cc1[N+](=O)[O-]. The molecule has 0 aliphatic rings. The summed E-state index contributed by atoms with van der Waals surface area (Å²) in [6.07, 6.45) is -3.96. The van der Waals surface area contributed by atoms with E-state index < -0.39 is 28.3 Å². The number of aromatic nitrogens is 1. The summed E-state index contributed by atoms with van der Waals surface area (Å²) in [7, 11) is 1.24. The Bertz CT molecular complexity index is 776. The Morgan fingerprint density at radius 1 is 1.29 bits per heavy atom. The molecule has 0 bridgehead atoms.